The number of alkyl halides is 1. The second kappa shape index (κ2) is 3.26. The van der Waals surface area contributed by atoms with Crippen molar-refractivity contribution in [3.8, 4) is 0 Å². The molecule has 2 unspecified atom stereocenters. The summed E-state index contributed by atoms with van der Waals surface area (Å²) in [7, 11) is 0. The number of hydrogen-bond acceptors (Lipinski definition) is 1. The Labute approximate surface area is 87.8 Å². The van der Waals surface area contributed by atoms with Gasteiger partial charge in [0.2, 0.25) is 0 Å². The molecular weight excluding hydrogens is 232 g/mol. The molecule has 0 radical (unpaired) electrons. The lowest BCUT2D eigenvalue weighted by molar-refractivity contribution is -0.158. The topological polar surface area (TPSA) is 37.3 Å². The van der Waals surface area contributed by atoms with Crippen LogP contribution in [-0.4, -0.2) is 15.9 Å². The van der Waals surface area contributed by atoms with E-state index in [1.54, 1.807) is 0 Å². The van der Waals surface area contributed by atoms with Gasteiger partial charge in [0.1, 0.15) is 0 Å². The summed E-state index contributed by atoms with van der Waals surface area (Å²) >= 11 is 3.57. The zero-order valence-corrected chi connectivity index (χ0v) is 10.0. The number of halogens is 1. The molecule has 2 atom stereocenters. The summed E-state index contributed by atoms with van der Waals surface area (Å²) in [6.07, 6.45) is 2.67. The molecule has 0 aromatic heterocycles. The monoisotopic (exact) mass is 248 g/mol. The molecule has 2 nitrogen and oxygen atoms in total. The van der Waals surface area contributed by atoms with Crippen LogP contribution in [-0.2, 0) is 4.79 Å². The largest absolute Gasteiger partial charge is 0.481 e. The van der Waals surface area contributed by atoms with Crippen molar-refractivity contribution >= 4 is 21.9 Å². The van der Waals surface area contributed by atoms with Gasteiger partial charge in [0.15, 0.2) is 0 Å². The third-order valence-corrected chi connectivity index (χ3v) is 4.44. The van der Waals surface area contributed by atoms with E-state index in [9.17, 15) is 9.90 Å². The second-order valence-electron chi connectivity index (χ2n) is 4.86. The zero-order chi connectivity index (χ0) is 10.3. The van der Waals surface area contributed by atoms with Crippen molar-refractivity contribution in [2.75, 3.05) is 0 Å². The SMILES string of the molecule is CC1(C)CC(Br)CCC1(C)C(=O)O. The lowest BCUT2D eigenvalue weighted by Crippen LogP contribution is -2.46. The van der Waals surface area contributed by atoms with Crippen molar-refractivity contribution in [3.05, 3.63) is 0 Å². The first kappa shape index (κ1) is 11.0. The maximum absolute atomic E-state index is 11.2. The molecule has 1 aliphatic rings. The van der Waals surface area contributed by atoms with Crippen LogP contribution >= 0.6 is 15.9 Å². The van der Waals surface area contributed by atoms with Crippen molar-refractivity contribution in [1.82, 2.24) is 0 Å². The Balaban J connectivity index is 2.92. The van der Waals surface area contributed by atoms with Gasteiger partial charge in [-0.05, 0) is 31.6 Å². The minimum atomic E-state index is -0.656. The number of carboxylic acid groups (broad SMARTS) is 1. The number of hydrogen-bond donors (Lipinski definition) is 1. The average Bonchev–Trinajstić information content (AvgIpc) is 1.96. The van der Waals surface area contributed by atoms with E-state index >= 15 is 0 Å². The summed E-state index contributed by atoms with van der Waals surface area (Å²) < 4.78 is 0. The predicted molar refractivity (Wildman–Crippen MR) is 56.1 cm³/mol. The minimum absolute atomic E-state index is 0.120. The van der Waals surface area contributed by atoms with Crippen LogP contribution in [0.15, 0.2) is 0 Å². The van der Waals surface area contributed by atoms with E-state index in [4.69, 9.17) is 0 Å². The van der Waals surface area contributed by atoms with E-state index in [1.165, 1.54) is 0 Å². The highest BCUT2D eigenvalue weighted by atomic mass is 79.9. The van der Waals surface area contributed by atoms with Gasteiger partial charge in [-0.1, -0.05) is 29.8 Å². The molecule has 1 aliphatic carbocycles. The summed E-state index contributed by atoms with van der Waals surface area (Å²) in [5.74, 6) is -0.656. The number of rotatable bonds is 1. The fourth-order valence-corrected chi connectivity index (χ4v) is 3.10. The van der Waals surface area contributed by atoms with E-state index in [2.05, 4.69) is 29.8 Å². The van der Waals surface area contributed by atoms with E-state index in [0.29, 0.717) is 4.83 Å². The van der Waals surface area contributed by atoms with Gasteiger partial charge in [0.05, 0.1) is 5.41 Å². The van der Waals surface area contributed by atoms with Gasteiger partial charge in [-0.2, -0.15) is 0 Å². The molecular formula is C10H17BrO2. The summed E-state index contributed by atoms with van der Waals surface area (Å²) in [6, 6.07) is 0. The fraction of sp³-hybridized carbons (Fsp3) is 0.900. The molecule has 0 amide bonds. The Morgan fingerprint density at radius 2 is 2.00 bits per heavy atom. The zero-order valence-electron chi connectivity index (χ0n) is 8.43. The third-order valence-electron chi connectivity index (χ3n) is 3.66. The lowest BCUT2D eigenvalue weighted by atomic mass is 9.59. The molecule has 0 spiro atoms. The Hall–Kier alpha value is -0.0500. The van der Waals surface area contributed by atoms with Crippen molar-refractivity contribution in [3.63, 3.8) is 0 Å². The number of aliphatic carboxylic acids is 1. The standard InChI is InChI=1S/C10H17BrO2/c1-9(2)6-7(11)4-5-10(9,3)8(12)13/h7H,4-6H2,1-3H3,(H,12,13). The molecule has 1 fully saturated rings. The maximum Gasteiger partial charge on any atom is 0.309 e. The van der Waals surface area contributed by atoms with Crippen LogP contribution in [0.25, 0.3) is 0 Å². The summed E-state index contributed by atoms with van der Waals surface area (Å²) in [6.45, 7) is 5.97. The molecule has 3 heteroatoms. The summed E-state index contributed by atoms with van der Waals surface area (Å²) in [5.41, 5.74) is -0.678. The van der Waals surface area contributed by atoms with E-state index in [-0.39, 0.29) is 5.41 Å². The maximum atomic E-state index is 11.2. The molecule has 0 aromatic rings. The van der Waals surface area contributed by atoms with Crippen molar-refractivity contribution in [2.45, 2.75) is 44.9 Å². The van der Waals surface area contributed by atoms with Gasteiger partial charge in [-0.3, -0.25) is 4.79 Å². The Morgan fingerprint density at radius 3 is 2.38 bits per heavy atom. The number of carboxylic acids is 1. The van der Waals surface area contributed by atoms with Crippen molar-refractivity contribution < 1.29 is 9.90 Å². The number of carbonyl (C=O) groups is 1. The predicted octanol–water partition coefficient (Wildman–Crippen LogP) is 3.05. The molecule has 0 bridgehead atoms. The fourth-order valence-electron chi connectivity index (χ4n) is 2.06. The van der Waals surface area contributed by atoms with E-state index in [1.807, 2.05) is 6.92 Å². The third kappa shape index (κ3) is 1.76. The highest BCUT2D eigenvalue weighted by Gasteiger charge is 2.50. The first-order chi connectivity index (χ1) is 5.79. The summed E-state index contributed by atoms with van der Waals surface area (Å²) in [4.78, 5) is 11.7. The normalized spacial score (nSPS) is 38.6. The molecule has 13 heavy (non-hydrogen) atoms. The van der Waals surface area contributed by atoms with Crippen LogP contribution in [0.2, 0.25) is 0 Å². The quantitative estimate of drug-likeness (QED) is 0.725. The van der Waals surface area contributed by atoms with Gasteiger partial charge in [0.25, 0.3) is 0 Å². The average molecular weight is 249 g/mol. The highest BCUT2D eigenvalue weighted by Crippen LogP contribution is 2.51. The van der Waals surface area contributed by atoms with Crippen molar-refractivity contribution in [2.24, 2.45) is 10.8 Å². The first-order valence-corrected chi connectivity index (χ1v) is 5.59. The van der Waals surface area contributed by atoms with Gasteiger partial charge in [-0.15, -0.1) is 0 Å². The molecule has 0 aromatic carbocycles. The van der Waals surface area contributed by atoms with Gasteiger partial charge in [-0.25, -0.2) is 0 Å². The van der Waals surface area contributed by atoms with Crippen LogP contribution in [0.3, 0.4) is 0 Å². The Morgan fingerprint density at radius 1 is 1.46 bits per heavy atom. The smallest absolute Gasteiger partial charge is 0.309 e. The first-order valence-electron chi connectivity index (χ1n) is 4.67. The molecule has 1 rings (SSSR count). The Kier molecular flexibility index (Phi) is 2.77. The molecule has 0 heterocycles. The van der Waals surface area contributed by atoms with E-state index < -0.39 is 11.4 Å². The molecule has 0 saturated heterocycles. The van der Waals surface area contributed by atoms with Gasteiger partial charge < -0.3 is 5.11 Å². The highest BCUT2D eigenvalue weighted by molar-refractivity contribution is 9.09. The summed E-state index contributed by atoms with van der Waals surface area (Å²) in [5, 5.41) is 9.20. The van der Waals surface area contributed by atoms with Crippen molar-refractivity contribution in [1.29, 1.82) is 0 Å². The molecule has 76 valence electrons. The minimum Gasteiger partial charge on any atom is -0.481 e. The second-order valence-corrected chi connectivity index (χ2v) is 6.16. The Bertz CT molecular complexity index is 225. The van der Waals surface area contributed by atoms with E-state index in [0.717, 1.165) is 19.3 Å². The van der Waals surface area contributed by atoms with Crippen LogP contribution in [0.4, 0.5) is 0 Å². The molecule has 1 saturated carbocycles. The van der Waals surface area contributed by atoms with Crippen LogP contribution < -0.4 is 0 Å². The van der Waals surface area contributed by atoms with Crippen LogP contribution in [0.5, 0.6) is 0 Å². The van der Waals surface area contributed by atoms with Crippen LogP contribution in [0.1, 0.15) is 40.0 Å². The van der Waals surface area contributed by atoms with Crippen LogP contribution in [0, 0.1) is 10.8 Å². The molecule has 0 aliphatic heterocycles. The van der Waals surface area contributed by atoms with Gasteiger partial charge in [0, 0.05) is 4.83 Å². The lowest BCUT2D eigenvalue weighted by Gasteiger charge is -2.46. The molecule has 1 N–H and O–H groups in total. The van der Waals surface area contributed by atoms with Gasteiger partial charge >= 0.3 is 5.97 Å².